The van der Waals surface area contributed by atoms with Crippen LogP contribution in [0.5, 0.6) is 0 Å². The number of allylic oxidation sites excluding steroid dienone is 5. The minimum absolute atomic E-state index is 0.104. The molecule has 0 aromatic carbocycles. The van der Waals surface area contributed by atoms with Crippen molar-refractivity contribution in [3.05, 3.63) is 36.5 Å². The van der Waals surface area contributed by atoms with Gasteiger partial charge in [-0.1, -0.05) is 192 Å². The van der Waals surface area contributed by atoms with E-state index in [1.54, 1.807) is 6.08 Å². The van der Waals surface area contributed by atoms with E-state index in [0.717, 1.165) is 44.9 Å². The smallest absolute Gasteiger partial charge is 0.220 e. The average molecular weight is 646 g/mol. The van der Waals surface area contributed by atoms with Gasteiger partial charge >= 0.3 is 0 Å². The van der Waals surface area contributed by atoms with Crippen molar-refractivity contribution in [2.24, 2.45) is 0 Å². The molecule has 46 heavy (non-hydrogen) atoms. The van der Waals surface area contributed by atoms with Crippen LogP contribution in [0.3, 0.4) is 0 Å². The number of aliphatic hydroxyl groups is 2. The summed E-state index contributed by atoms with van der Waals surface area (Å²) in [7, 11) is 0. The highest BCUT2D eigenvalue weighted by atomic mass is 16.3. The Morgan fingerprint density at radius 2 is 0.848 bits per heavy atom. The monoisotopic (exact) mass is 646 g/mol. The Morgan fingerprint density at radius 3 is 1.26 bits per heavy atom. The van der Waals surface area contributed by atoms with E-state index in [0.29, 0.717) is 6.42 Å². The fraction of sp³-hybridized carbons (Fsp3) is 0.833. The molecule has 4 nitrogen and oxygen atoms in total. The molecule has 0 spiro atoms. The summed E-state index contributed by atoms with van der Waals surface area (Å²) in [5, 5.41) is 22.5. The van der Waals surface area contributed by atoms with Crippen LogP contribution in [0.25, 0.3) is 0 Å². The number of carbonyl (C=O) groups is 1. The maximum atomic E-state index is 11.9. The van der Waals surface area contributed by atoms with Gasteiger partial charge in [0, 0.05) is 6.42 Å². The fourth-order valence-electron chi connectivity index (χ4n) is 5.97. The minimum atomic E-state index is -0.863. The van der Waals surface area contributed by atoms with Gasteiger partial charge in [-0.15, -0.1) is 0 Å². The van der Waals surface area contributed by atoms with Crippen molar-refractivity contribution in [1.29, 1.82) is 0 Å². The summed E-state index contributed by atoms with van der Waals surface area (Å²) >= 11 is 0. The van der Waals surface area contributed by atoms with Crippen LogP contribution in [0.4, 0.5) is 0 Å². The Hall–Kier alpha value is -1.39. The Bertz CT molecular complexity index is 701. The van der Waals surface area contributed by atoms with Crippen LogP contribution < -0.4 is 5.32 Å². The number of hydrogen-bond donors (Lipinski definition) is 3. The Kier molecular flexibility index (Phi) is 36.9. The molecule has 0 saturated carbocycles. The molecular weight excluding hydrogens is 566 g/mol. The molecular formula is C42H79NO3. The van der Waals surface area contributed by atoms with Crippen LogP contribution in [-0.2, 0) is 4.79 Å². The van der Waals surface area contributed by atoms with E-state index in [-0.39, 0.29) is 12.5 Å². The summed E-state index contributed by atoms with van der Waals surface area (Å²) in [6.07, 6.45) is 50.5. The van der Waals surface area contributed by atoms with Gasteiger partial charge in [-0.05, 0) is 44.9 Å². The van der Waals surface area contributed by atoms with Crippen LogP contribution in [0.15, 0.2) is 36.5 Å². The van der Waals surface area contributed by atoms with Crippen molar-refractivity contribution < 1.29 is 15.0 Å². The van der Waals surface area contributed by atoms with Gasteiger partial charge in [0.05, 0.1) is 18.8 Å². The predicted octanol–water partition coefficient (Wildman–Crippen LogP) is 12.2. The van der Waals surface area contributed by atoms with Crippen LogP contribution in [-0.4, -0.2) is 34.9 Å². The predicted molar refractivity (Wildman–Crippen MR) is 202 cm³/mol. The number of unbranched alkanes of at least 4 members (excludes halogenated alkanes) is 25. The van der Waals surface area contributed by atoms with Gasteiger partial charge in [0.15, 0.2) is 0 Å². The van der Waals surface area contributed by atoms with Crippen molar-refractivity contribution in [2.75, 3.05) is 6.61 Å². The van der Waals surface area contributed by atoms with E-state index in [2.05, 4.69) is 43.5 Å². The van der Waals surface area contributed by atoms with Crippen molar-refractivity contribution >= 4 is 5.91 Å². The highest BCUT2D eigenvalue weighted by Gasteiger charge is 2.17. The first-order chi connectivity index (χ1) is 22.7. The molecule has 0 fully saturated rings. The SMILES string of the molecule is CCCCCCCCCCCCCCCCCCCCCCC/C=C/CC/C=C/CC/C=C/C(O)C(CO)NC(=O)CCCCC. The number of hydrogen-bond acceptors (Lipinski definition) is 3. The van der Waals surface area contributed by atoms with E-state index in [1.807, 2.05) is 6.08 Å². The molecule has 270 valence electrons. The molecule has 1 amide bonds. The van der Waals surface area contributed by atoms with Gasteiger partial charge in [-0.2, -0.15) is 0 Å². The lowest BCUT2D eigenvalue weighted by Crippen LogP contribution is -2.45. The molecule has 0 saturated heterocycles. The largest absolute Gasteiger partial charge is 0.394 e. The van der Waals surface area contributed by atoms with Crippen molar-refractivity contribution in [3.63, 3.8) is 0 Å². The molecule has 0 heterocycles. The molecule has 0 aliphatic rings. The lowest BCUT2D eigenvalue weighted by molar-refractivity contribution is -0.123. The maximum absolute atomic E-state index is 11.9. The maximum Gasteiger partial charge on any atom is 0.220 e. The zero-order chi connectivity index (χ0) is 33.6. The van der Waals surface area contributed by atoms with E-state index >= 15 is 0 Å². The normalized spacial score (nSPS) is 13.4. The number of amides is 1. The molecule has 0 aromatic heterocycles. The van der Waals surface area contributed by atoms with Gasteiger partial charge in [-0.3, -0.25) is 4.79 Å². The lowest BCUT2D eigenvalue weighted by Gasteiger charge is -2.19. The first-order valence-electron chi connectivity index (χ1n) is 20.2. The van der Waals surface area contributed by atoms with E-state index in [1.165, 1.54) is 141 Å². The lowest BCUT2D eigenvalue weighted by atomic mass is 10.0. The molecule has 2 atom stereocenters. The number of aliphatic hydroxyl groups excluding tert-OH is 2. The topological polar surface area (TPSA) is 69.6 Å². The average Bonchev–Trinajstić information content (AvgIpc) is 3.06. The van der Waals surface area contributed by atoms with Gasteiger partial charge < -0.3 is 15.5 Å². The number of nitrogens with one attached hydrogen (secondary N) is 1. The third-order valence-corrected chi connectivity index (χ3v) is 9.10. The van der Waals surface area contributed by atoms with Gasteiger partial charge in [0.25, 0.3) is 0 Å². The van der Waals surface area contributed by atoms with E-state index in [9.17, 15) is 15.0 Å². The minimum Gasteiger partial charge on any atom is -0.394 e. The van der Waals surface area contributed by atoms with Gasteiger partial charge in [0.2, 0.25) is 5.91 Å². The summed E-state index contributed by atoms with van der Waals surface area (Å²) in [4.78, 5) is 11.9. The second kappa shape index (κ2) is 38.1. The first kappa shape index (κ1) is 44.6. The standard InChI is InChI=1S/C42H79NO3/c1-3-5-7-8-9-10-11-12-13-14-15-16-17-18-19-20-21-22-23-24-25-26-27-28-29-30-31-32-33-34-36-37-41(45)40(39-44)43-42(46)38-35-6-4-2/h27-28,31-32,36-37,40-41,44-45H,3-26,29-30,33-35,38-39H2,1-2H3,(H,43,46)/b28-27+,32-31+,37-36+. The summed E-state index contributed by atoms with van der Waals surface area (Å²) in [6, 6.07) is -0.638. The van der Waals surface area contributed by atoms with Crippen molar-refractivity contribution in [1.82, 2.24) is 5.32 Å². The summed E-state index contributed by atoms with van der Waals surface area (Å²) in [6.45, 7) is 4.13. The molecule has 0 aromatic rings. The second-order valence-electron chi connectivity index (χ2n) is 13.7. The Morgan fingerprint density at radius 1 is 0.500 bits per heavy atom. The molecule has 0 rings (SSSR count). The van der Waals surface area contributed by atoms with Crippen molar-refractivity contribution in [3.8, 4) is 0 Å². The summed E-state index contributed by atoms with van der Waals surface area (Å²) < 4.78 is 0. The summed E-state index contributed by atoms with van der Waals surface area (Å²) in [5.74, 6) is -0.104. The van der Waals surface area contributed by atoms with Gasteiger partial charge in [0.1, 0.15) is 0 Å². The quantitative estimate of drug-likeness (QED) is 0.0469. The number of carbonyl (C=O) groups excluding carboxylic acids is 1. The van der Waals surface area contributed by atoms with Crippen molar-refractivity contribution in [2.45, 2.75) is 219 Å². The highest BCUT2D eigenvalue weighted by molar-refractivity contribution is 5.76. The van der Waals surface area contributed by atoms with Gasteiger partial charge in [-0.25, -0.2) is 0 Å². The molecule has 2 unspecified atom stereocenters. The third kappa shape index (κ3) is 34.0. The van der Waals surface area contributed by atoms with Crippen LogP contribution in [0, 0.1) is 0 Å². The molecule has 0 aliphatic carbocycles. The summed E-state index contributed by atoms with van der Waals surface area (Å²) in [5.41, 5.74) is 0. The zero-order valence-corrected chi connectivity index (χ0v) is 30.8. The van der Waals surface area contributed by atoms with Crippen LogP contribution in [0.1, 0.15) is 206 Å². The molecule has 0 aliphatic heterocycles. The zero-order valence-electron chi connectivity index (χ0n) is 30.8. The second-order valence-corrected chi connectivity index (χ2v) is 13.7. The van der Waals surface area contributed by atoms with Crippen LogP contribution >= 0.6 is 0 Å². The molecule has 3 N–H and O–H groups in total. The first-order valence-corrected chi connectivity index (χ1v) is 20.2. The molecule has 0 bridgehead atoms. The van der Waals surface area contributed by atoms with E-state index in [4.69, 9.17) is 0 Å². The molecule has 4 heteroatoms. The number of rotatable bonds is 36. The fourth-order valence-corrected chi connectivity index (χ4v) is 5.97. The Labute approximate surface area is 287 Å². The highest BCUT2D eigenvalue weighted by Crippen LogP contribution is 2.15. The third-order valence-electron chi connectivity index (χ3n) is 9.10. The van der Waals surface area contributed by atoms with E-state index < -0.39 is 12.1 Å². The Balaban J connectivity index is 3.43. The molecule has 0 radical (unpaired) electrons. The van der Waals surface area contributed by atoms with Crippen LogP contribution in [0.2, 0.25) is 0 Å².